The van der Waals surface area contributed by atoms with Crippen LogP contribution in [0, 0.1) is 5.92 Å². The molecule has 110 valence electrons. The van der Waals surface area contributed by atoms with Crippen LogP contribution in [0.25, 0.3) is 0 Å². The van der Waals surface area contributed by atoms with Gasteiger partial charge in [0.25, 0.3) is 0 Å². The van der Waals surface area contributed by atoms with Gasteiger partial charge in [0.15, 0.2) is 5.82 Å². The van der Waals surface area contributed by atoms with E-state index in [2.05, 4.69) is 50.1 Å². The summed E-state index contributed by atoms with van der Waals surface area (Å²) in [5.41, 5.74) is 0. The zero-order valence-electron chi connectivity index (χ0n) is 12.8. The topological polar surface area (TPSA) is 51.0 Å². The van der Waals surface area contributed by atoms with Crippen LogP contribution in [0.1, 0.15) is 52.8 Å². The molecular formula is C14H27N3OS. The van der Waals surface area contributed by atoms with Crippen molar-refractivity contribution in [2.24, 2.45) is 5.92 Å². The molecule has 0 aliphatic rings. The summed E-state index contributed by atoms with van der Waals surface area (Å²) in [5.74, 6) is 3.07. The largest absolute Gasteiger partial charge is 0.339 e. The maximum atomic E-state index is 5.34. The summed E-state index contributed by atoms with van der Waals surface area (Å²) < 4.78 is 5.34. The lowest BCUT2D eigenvalue weighted by molar-refractivity contribution is 0.338. The minimum absolute atomic E-state index is 0.427. The number of rotatable bonds is 9. The van der Waals surface area contributed by atoms with E-state index in [0.29, 0.717) is 17.2 Å². The fourth-order valence-electron chi connectivity index (χ4n) is 1.98. The molecule has 1 heterocycles. The van der Waals surface area contributed by atoms with Gasteiger partial charge < -0.3 is 9.84 Å². The van der Waals surface area contributed by atoms with Crippen LogP contribution in [-0.4, -0.2) is 28.0 Å². The molecule has 0 saturated carbocycles. The molecular weight excluding hydrogens is 258 g/mol. The molecule has 1 aromatic rings. The summed E-state index contributed by atoms with van der Waals surface area (Å²) in [4.78, 5) is 4.47. The van der Waals surface area contributed by atoms with Gasteiger partial charge >= 0.3 is 0 Å². The quantitative estimate of drug-likeness (QED) is 0.754. The third-order valence-electron chi connectivity index (χ3n) is 2.73. The smallest absolute Gasteiger partial charge is 0.228 e. The number of aromatic nitrogens is 2. The predicted octanol–water partition coefficient (Wildman–Crippen LogP) is 3.28. The molecule has 1 rings (SSSR count). The first-order valence-corrected chi connectivity index (χ1v) is 8.22. The molecule has 0 saturated heterocycles. The standard InChI is InChI=1S/C14H27N3OS/c1-6-15-12(7-10(2)3)8-14-16-13(17-18-14)9-19-11(4)5/h10-12,15H,6-9H2,1-5H3. The number of nitrogens with one attached hydrogen (secondary N) is 1. The van der Waals surface area contributed by atoms with Crippen molar-refractivity contribution in [3.8, 4) is 0 Å². The first-order chi connectivity index (χ1) is 9.01. The monoisotopic (exact) mass is 285 g/mol. The highest BCUT2D eigenvalue weighted by atomic mass is 32.2. The third-order valence-corrected chi connectivity index (χ3v) is 3.82. The van der Waals surface area contributed by atoms with Crippen molar-refractivity contribution < 1.29 is 4.52 Å². The molecule has 0 aromatic carbocycles. The molecule has 0 radical (unpaired) electrons. The van der Waals surface area contributed by atoms with E-state index in [1.54, 1.807) is 0 Å². The van der Waals surface area contributed by atoms with Crippen molar-refractivity contribution in [3.63, 3.8) is 0 Å². The van der Waals surface area contributed by atoms with Crippen LogP contribution >= 0.6 is 11.8 Å². The third kappa shape index (κ3) is 6.97. The van der Waals surface area contributed by atoms with E-state index >= 15 is 0 Å². The molecule has 0 spiro atoms. The highest BCUT2D eigenvalue weighted by Crippen LogP contribution is 2.16. The lowest BCUT2D eigenvalue weighted by atomic mass is 10.0. The molecule has 0 bridgehead atoms. The van der Waals surface area contributed by atoms with Gasteiger partial charge in [0.2, 0.25) is 5.89 Å². The Morgan fingerprint density at radius 2 is 2.00 bits per heavy atom. The van der Waals surface area contributed by atoms with E-state index in [1.165, 1.54) is 0 Å². The first-order valence-electron chi connectivity index (χ1n) is 7.17. The molecule has 0 fully saturated rings. The summed E-state index contributed by atoms with van der Waals surface area (Å²) >= 11 is 1.84. The summed E-state index contributed by atoms with van der Waals surface area (Å²) in [6.07, 6.45) is 1.96. The molecule has 0 amide bonds. The Morgan fingerprint density at radius 1 is 1.26 bits per heavy atom. The summed E-state index contributed by atoms with van der Waals surface area (Å²) in [7, 11) is 0. The Labute approximate surface area is 121 Å². The zero-order chi connectivity index (χ0) is 14.3. The summed E-state index contributed by atoms with van der Waals surface area (Å²) in [5, 5.41) is 8.13. The summed E-state index contributed by atoms with van der Waals surface area (Å²) in [6.45, 7) is 11.9. The number of thioether (sulfide) groups is 1. The van der Waals surface area contributed by atoms with Crippen LogP contribution in [0.4, 0.5) is 0 Å². The molecule has 5 heteroatoms. The molecule has 4 nitrogen and oxygen atoms in total. The van der Waals surface area contributed by atoms with Gasteiger partial charge in [-0.15, -0.1) is 0 Å². The van der Waals surface area contributed by atoms with Gasteiger partial charge in [-0.2, -0.15) is 16.7 Å². The second-order valence-electron chi connectivity index (χ2n) is 5.55. The average Bonchev–Trinajstić information content (AvgIpc) is 2.73. The highest BCUT2D eigenvalue weighted by molar-refractivity contribution is 7.99. The Morgan fingerprint density at radius 3 is 2.58 bits per heavy atom. The molecule has 19 heavy (non-hydrogen) atoms. The Balaban J connectivity index is 2.49. The lowest BCUT2D eigenvalue weighted by Gasteiger charge is -2.17. The van der Waals surface area contributed by atoms with Crippen LogP contribution in [-0.2, 0) is 12.2 Å². The first kappa shape index (κ1) is 16.5. The second kappa shape index (κ2) is 8.59. The van der Waals surface area contributed by atoms with Crippen LogP contribution in [0.5, 0.6) is 0 Å². The van der Waals surface area contributed by atoms with Crippen molar-refractivity contribution >= 4 is 11.8 Å². The van der Waals surface area contributed by atoms with Gasteiger partial charge in [-0.1, -0.05) is 39.8 Å². The van der Waals surface area contributed by atoms with Gasteiger partial charge in [-0.05, 0) is 24.1 Å². The van der Waals surface area contributed by atoms with Crippen LogP contribution < -0.4 is 5.32 Å². The van der Waals surface area contributed by atoms with Gasteiger partial charge in [0.05, 0.1) is 5.75 Å². The minimum Gasteiger partial charge on any atom is -0.339 e. The van der Waals surface area contributed by atoms with E-state index in [9.17, 15) is 0 Å². The van der Waals surface area contributed by atoms with Crippen LogP contribution in [0.2, 0.25) is 0 Å². The minimum atomic E-state index is 0.427. The van der Waals surface area contributed by atoms with Crippen molar-refractivity contribution in [1.29, 1.82) is 0 Å². The van der Waals surface area contributed by atoms with E-state index in [1.807, 2.05) is 11.8 Å². The van der Waals surface area contributed by atoms with Gasteiger partial charge in [0, 0.05) is 12.5 Å². The average molecular weight is 285 g/mol. The summed E-state index contributed by atoms with van der Waals surface area (Å²) in [6, 6.07) is 0.427. The van der Waals surface area contributed by atoms with Crippen molar-refractivity contribution in [3.05, 3.63) is 11.7 Å². The second-order valence-corrected chi connectivity index (χ2v) is 7.12. The van der Waals surface area contributed by atoms with Crippen molar-refractivity contribution in [2.75, 3.05) is 6.54 Å². The fourth-order valence-corrected chi connectivity index (χ4v) is 2.58. The number of hydrogen-bond donors (Lipinski definition) is 1. The van der Waals surface area contributed by atoms with Crippen molar-refractivity contribution in [1.82, 2.24) is 15.5 Å². The number of likely N-dealkylation sites (N-methyl/N-ethyl adjacent to an activating group) is 1. The van der Waals surface area contributed by atoms with Crippen LogP contribution in [0.15, 0.2) is 4.52 Å². The van der Waals surface area contributed by atoms with Crippen LogP contribution in [0.3, 0.4) is 0 Å². The molecule has 1 unspecified atom stereocenters. The maximum absolute atomic E-state index is 5.34. The van der Waals surface area contributed by atoms with Crippen molar-refractivity contribution in [2.45, 2.75) is 64.5 Å². The number of hydrogen-bond acceptors (Lipinski definition) is 5. The molecule has 1 atom stereocenters. The van der Waals surface area contributed by atoms with E-state index < -0.39 is 0 Å². The van der Waals surface area contributed by atoms with E-state index in [0.717, 1.165) is 36.9 Å². The molecule has 0 aliphatic heterocycles. The molecule has 1 N–H and O–H groups in total. The van der Waals surface area contributed by atoms with Gasteiger partial charge in [-0.25, -0.2) is 0 Å². The van der Waals surface area contributed by atoms with Gasteiger partial charge in [0.1, 0.15) is 0 Å². The zero-order valence-corrected chi connectivity index (χ0v) is 13.6. The fraction of sp³-hybridized carbons (Fsp3) is 0.857. The molecule has 0 aliphatic carbocycles. The number of nitrogens with zero attached hydrogens (tertiary/aromatic N) is 2. The maximum Gasteiger partial charge on any atom is 0.228 e. The Bertz CT molecular complexity index is 352. The predicted molar refractivity (Wildman–Crippen MR) is 81.4 cm³/mol. The Kier molecular flexibility index (Phi) is 7.46. The highest BCUT2D eigenvalue weighted by Gasteiger charge is 2.15. The SMILES string of the molecule is CCNC(Cc1nc(CSC(C)C)no1)CC(C)C. The van der Waals surface area contributed by atoms with E-state index in [-0.39, 0.29) is 0 Å². The lowest BCUT2D eigenvalue weighted by Crippen LogP contribution is -2.32. The molecule has 1 aromatic heterocycles. The van der Waals surface area contributed by atoms with E-state index in [4.69, 9.17) is 4.52 Å². The van der Waals surface area contributed by atoms with Gasteiger partial charge in [-0.3, -0.25) is 0 Å². The normalized spacial score (nSPS) is 13.4. The Hall–Kier alpha value is -0.550.